The Kier molecular flexibility index (Phi) is 4.94. The second kappa shape index (κ2) is 7.10. The highest BCUT2D eigenvalue weighted by Crippen LogP contribution is 2.28. The van der Waals surface area contributed by atoms with E-state index >= 15 is 0 Å². The Labute approximate surface area is 124 Å². The van der Waals surface area contributed by atoms with E-state index in [4.69, 9.17) is 4.74 Å². The summed E-state index contributed by atoms with van der Waals surface area (Å²) in [6.07, 6.45) is 5.02. The van der Waals surface area contributed by atoms with Crippen LogP contribution in [0.25, 0.3) is 11.0 Å². The van der Waals surface area contributed by atoms with Crippen molar-refractivity contribution in [3.05, 3.63) is 79.7 Å². The summed E-state index contributed by atoms with van der Waals surface area (Å²) in [7, 11) is 0. The molecule has 0 unspecified atom stereocenters. The van der Waals surface area contributed by atoms with Crippen molar-refractivity contribution in [3.63, 3.8) is 0 Å². The van der Waals surface area contributed by atoms with Crippen LogP contribution in [0.4, 0.5) is 0 Å². The number of ether oxygens (including phenoxy) is 1. The molecule has 2 heterocycles. The topological polar surface area (TPSA) is 37.9 Å². The first-order valence-electron chi connectivity index (χ1n) is 6.65. The molecule has 0 aliphatic rings. The van der Waals surface area contributed by atoms with Gasteiger partial charge in [-0.1, -0.05) is 43.5 Å². The van der Waals surface area contributed by atoms with Gasteiger partial charge in [-0.3, -0.25) is 0 Å². The third kappa shape index (κ3) is 3.83. The van der Waals surface area contributed by atoms with Crippen molar-refractivity contribution in [3.8, 4) is 11.5 Å². The number of aromatic nitrogens is 2. The summed E-state index contributed by atoms with van der Waals surface area (Å²) in [5.41, 5.74) is 1.94. The minimum Gasteiger partial charge on any atom is -0.457 e. The summed E-state index contributed by atoms with van der Waals surface area (Å²) >= 11 is 0. The molecule has 0 bridgehead atoms. The molecule has 21 heavy (non-hydrogen) atoms. The number of hydrogen-bond acceptors (Lipinski definition) is 2. The summed E-state index contributed by atoms with van der Waals surface area (Å²) in [4.78, 5) is 7.46. The van der Waals surface area contributed by atoms with Gasteiger partial charge < -0.3 is 9.72 Å². The van der Waals surface area contributed by atoms with Gasteiger partial charge in [0.05, 0.1) is 5.39 Å². The number of rotatable bonds is 3. The first kappa shape index (κ1) is 14.6. The maximum absolute atomic E-state index is 5.84. The largest absolute Gasteiger partial charge is 0.457 e. The average Bonchev–Trinajstić information content (AvgIpc) is 2.90. The van der Waals surface area contributed by atoms with E-state index in [9.17, 15) is 0 Å². The molecule has 0 saturated heterocycles. The first-order valence-corrected chi connectivity index (χ1v) is 6.65. The number of fused-ring (bicyclic) bond motifs is 1. The van der Waals surface area contributed by atoms with E-state index in [1.54, 1.807) is 18.3 Å². The lowest BCUT2D eigenvalue weighted by molar-refractivity contribution is 0.488. The minimum atomic E-state index is 0.825. The van der Waals surface area contributed by atoms with E-state index in [1.165, 1.54) is 0 Å². The zero-order valence-corrected chi connectivity index (χ0v) is 12.0. The van der Waals surface area contributed by atoms with Crippen LogP contribution in [0.15, 0.2) is 74.0 Å². The van der Waals surface area contributed by atoms with Crippen molar-refractivity contribution in [2.75, 3.05) is 0 Å². The summed E-state index contributed by atoms with van der Waals surface area (Å²) < 4.78 is 5.84. The number of benzene rings is 1. The molecule has 0 radical (unpaired) electrons. The van der Waals surface area contributed by atoms with Gasteiger partial charge >= 0.3 is 0 Å². The zero-order valence-electron chi connectivity index (χ0n) is 12.0. The molecule has 3 aromatic rings. The highest BCUT2D eigenvalue weighted by molar-refractivity contribution is 5.83. The number of aromatic amines is 1. The smallest absolute Gasteiger partial charge is 0.141 e. The standard InChI is InChI=1S/C14H12N2O.C4H6/c1-10-9-12-13(7-8-15-14(12)16-10)17-11-5-3-2-4-6-11;1-3-4-2/h2-9H,1H3,(H,15,16);3-4H,1-2H2. The Hall–Kier alpha value is -2.81. The molecule has 3 nitrogen and oxygen atoms in total. The Balaban J connectivity index is 0.000000361. The predicted octanol–water partition coefficient (Wildman–Crippen LogP) is 5.02. The fraction of sp³-hybridized carbons (Fsp3) is 0.0556. The van der Waals surface area contributed by atoms with Crippen LogP contribution in [0.1, 0.15) is 5.69 Å². The molecule has 106 valence electrons. The van der Waals surface area contributed by atoms with Gasteiger partial charge in [0.1, 0.15) is 17.1 Å². The maximum Gasteiger partial charge on any atom is 0.141 e. The molecular weight excluding hydrogens is 260 g/mol. The zero-order chi connectivity index (χ0) is 15.1. The Morgan fingerprint density at radius 2 is 1.81 bits per heavy atom. The molecule has 3 heteroatoms. The molecule has 0 fully saturated rings. The molecule has 0 spiro atoms. The quantitative estimate of drug-likeness (QED) is 0.683. The second-order valence-corrected chi connectivity index (χ2v) is 4.41. The van der Waals surface area contributed by atoms with Crippen LogP contribution in [0.5, 0.6) is 11.5 Å². The lowest BCUT2D eigenvalue weighted by Crippen LogP contribution is -1.85. The van der Waals surface area contributed by atoms with Crippen LogP contribution in [-0.2, 0) is 0 Å². The molecule has 0 aliphatic carbocycles. The number of hydrogen-bond donors (Lipinski definition) is 1. The van der Waals surface area contributed by atoms with Gasteiger partial charge in [0.25, 0.3) is 0 Å². The van der Waals surface area contributed by atoms with Crippen LogP contribution in [0.2, 0.25) is 0 Å². The minimum absolute atomic E-state index is 0.825. The predicted molar refractivity (Wildman–Crippen MR) is 87.7 cm³/mol. The number of allylic oxidation sites excluding steroid dienone is 2. The highest BCUT2D eigenvalue weighted by Gasteiger charge is 2.06. The fourth-order valence-electron chi connectivity index (χ4n) is 1.84. The lowest BCUT2D eigenvalue weighted by atomic mass is 10.3. The fourth-order valence-corrected chi connectivity index (χ4v) is 1.84. The molecule has 0 saturated carbocycles. The van der Waals surface area contributed by atoms with Gasteiger partial charge in [-0.05, 0) is 31.2 Å². The van der Waals surface area contributed by atoms with Crippen molar-refractivity contribution in [2.45, 2.75) is 6.92 Å². The number of nitrogens with zero attached hydrogens (tertiary/aromatic N) is 1. The Morgan fingerprint density at radius 1 is 1.10 bits per heavy atom. The monoisotopic (exact) mass is 278 g/mol. The summed E-state index contributed by atoms with van der Waals surface area (Å²) in [5, 5.41) is 1.01. The Morgan fingerprint density at radius 3 is 2.48 bits per heavy atom. The van der Waals surface area contributed by atoms with Crippen LogP contribution >= 0.6 is 0 Å². The third-order valence-corrected chi connectivity index (χ3v) is 2.76. The summed E-state index contributed by atoms with van der Waals surface area (Å²) in [5.74, 6) is 1.66. The molecular formula is C18H18N2O. The number of para-hydroxylation sites is 1. The maximum atomic E-state index is 5.84. The van der Waals surface area contributed by atoms with E-state index in [0.29, 0.717) is 0 Å². The van der Waals surface area contributed by atoms with E-state index in [-0.39, 0.29) is 0 Å². The summed E-state index contributed by atoms with van der Waals surface area (Å²) in [6, 6.07) is 13.7. The van der Waals surface area contributed by atoms with Gasteiger partial charge in [0.2, 0.25) is 0 Å². The molecule has 1 N–H and O–H groups in total. The lowest BCUT2D eigenvalue weighted by Gasteiger charge is -2.05. The van der Waals surface area contributed by atoms with E-state index in [2.05, 4.69) is 23.1 Å². The van der Waals surface area contributed by atoms with Gasteiger partial charge in [-0.25, -0.2) is 4.98 Å². The molecule has 3 rings (SSSR count). The summed E-state index contributed by atoms with van der Waals surface area (Å²) in [6.45, 7) is 8.73. The third-order valence-electron chi connectivity index (χ3n) is 2.76. The molecule has 0 atom stereocenters. The Bertz CT molecular complexity index is 723. The number of aryl methyl sites for hydroxylation is 1. The van der Waals surface area contributed by atoms with Crippen LogP contribution in [-0.4, -0.2) is 9.97 Å². The van der Waals surface area contributed by atoms with Crippen LogP contribution < -0.4 is 4.74 Å². The van der Waals surface area contributed by atoms with Gasteiger partial charge in [-0.2, -0.15) is 0 Å². The first-order chi connectivity index (χ1) is 10.2. The SMILES string of the molecule is C=CC=C.Cc1cc2c(Oc3ccccc3)ccnc2[nH]1. The van der Waals surface area contributed by atoms with E-state index in [1.807, 2.05) is 49.4 Å². The second-order valence-electron chi connectivity index (χ2n) is 4.41. The van der Waals surface area contributed by atoms with Crippen LogP contribution in [0.3, 0.4) is 0 Å². The van der Waals surface area contributed by atoms with Gasteiger partial charge in [-0.15, -0.1) is 0 Å². The average molecular weight is 278 g/mol. The number of nitrogens with one attached hydrogen (secondary N) is 1. The van der Waals surface area contributed by atoms with Crippen molar-refractivity contribution >= 4 is 11.0 Å². The van der Waals surface area contributed by atoms with Crippen LogP contribution in [0, 0.1) is 6.92 Å². The van der Waals surface area contributed by atoms with Crippen molar-refractivity contribution in [1.82, 2.24) is 9.97 Å². The van der Waals surface area contributed by atoms with Gasteiger partial charge in [0, 0.05) is 11.9 Å². The number of H-pyrrole nitrogens is 1. The molecule has 2 aromatic heterocycles. The van der Waals surface area contributed by atoms with Crippen molar-refractivity contribution in [2.24, 2.45) is 0 Å². The molecule has 0 aliphatic heterocycles. The molecule has 0 amide bonds. The van der Waals surface area contributed by atoms with Crippen molar-refractivity contribution < 1.29 is 4.74 Å². The van der Waals surface area contributed by atoms with E-state index < -0.39 is 0 Å². The normalized spacial score (nSPS) is 9.57. The van der Waals surface area contributed by atoms with Gasteiger partial charge in [0.15, 0.2) is 0 Å². The molecule has 1 aromatic carbocycles. The van der Waals surface area contributed by atoms with Crippen molar-refractivity contribution in [1.29, 1.82) is 0 Å². The highest BCUT2D eigenvalue weighted by atomic mass is 16.5. The van der Waals surface area contributed by atoms with E-state index in [0.717, 1.165) is 28.2 Å². The number of pyridine rings is 1.